The highest BCUT2D eigenvalue weighted by molar-refractivity contribution is 6.11. The van der Waals surface area contributed by atoms with Crippen LogP contribution in [0.3, 0.4) is 0 Å². The Hall–Kier alpha value is -3.79. The van der Waals surface area contributed by atoms with Crippen LogP contribution in [0.2, 0.25) is 0 Å². The fourth-order valence-corrected chi connectivity index (χ4v) is 2.07. The Bertz CT molecular complexity index is 897. The van der Waals surface area contributed by atoms with E-state index in [1.165, 1.54) is 49.6 Å². The first-order valence-corrected chi connectivity index (χ1v) is 7.08. The number of amides is 1. The fraction of sp³-hybridized carbons (Fsp3) is 0.0556. The van der Waals surface area contributed by atoms with Gasteiger partial charge in [0.15, 0.2) is 11.5 Å². The van der Waals surface area contributed by atoms with E-state index < -0.39 is 11.9 Å². The van der Waals surface area contributed by atoms with Crippen LogP contribution in [0.4, 0.5) is 5.69 Å². The number of carboxylic acids is 1. The number of ether oxygens (including phenoxy) is 1. The maximum atomic E-state index is 12.3. The van der Waals surface area contributed by atoms with Crippen LogP contribution in [0.25, 0.3) is 6.08 Å². The van der Waals surface area contributed by atoms with E-state index in [2.05, 4.69) is 5.32 Å². The number of phenols is 1. The highest BCUT2D eigenvalue weighted by atomic mass is 16.5. The number of hydrogen-bond donors (Lipinski definition) is 3. The molecule has 126 valence electrons. The molecule has 0 heterocycles. The van der Waals surface area contributed by atoms with E-state index in [1.54, 1.807) is 12.1 Å². The maximum absolute atomic E-state index is 12.3. The van der Waals surface area contributed by atoms with E-state index in [4.69, 9.17) is 9.84 Å². The van der Waals surface area contributed by atoms with Crippen molar-refractivity contribution in [1.82, 2.24) is 0 Å². The van der Waals surface area contributed by atoms with E-state index in [0.717, 1.165) is 0 Å². The van der Waals surface area contributed by atoms with Gasteiger partial charge in [0.2, 0.25) is 0 Å². The molecule has 0 aromatic heterocycles. The number of aromatic carboxylic acids is 1. The third-order valence-electron chi connectivity index (χ3n) is 3.29. The number of anilines is 1. The van der Waals surface area contributed by atoms with Gasteiger partial charge < -0.3 is 20.3 Å². The molecule has 0 fully saturated rings. The minimum Gasteiger partial charge on any atom is -0.504 e. The number of nitrogens with one attached hydrogen (secondary N) is 1. The average Bonchev–Trinajstić information content (AvgIpc) is 2.61. The van der Waals surface area contributed by atoms with Crippen molar-refractivity contribution < 1.29 is 24.5 Å². The fourth-order valence-electron chi connectivity index (χ4n) is 2.07. The first-order chi connectivity index (χ1) is 12.0. The van der Waals surface area contributed by atoms with Crippen LogP contribution in [0.1, 0.15) is 15.9 Å². The van der Waals surface area contributed by atoms with Crippen molar-refractivity contribution in [3.05, 3.63) is 59.2 Å². The van der Waals surface area contributed by atoms with Gasteiger partial charge in [-0.3, -0.25) is 4.79 Å². The number of methoxy groups -OCH3 is 1. The Kier molecular flexibility index (Phi) is 5.38. The van der Waals surface area contributed by atoms with Gasteiger partial charge >= 0.3 is 5.97 Å². The molecule has 7 heteroatoms. The predicted octanol–water partition coefficient (Wildman–Crippen LogP) is 2.64. The summed E-state index contributed by atoms with van der Waals surface area (Å²) in [5.41, 5.74) is 0.240. The Morgan fingerprint density at radius 1 is 1.24 bits per heavy atom. The van der Waals surface area contributed by atoms with Crippen LogP contribution in [-0.2, 0) is 4.79 Å². The number of hydrogen-bond acceptors (Lipinski definition) is 5. The van der Waals surface area contributed by atoms with Gasteiger partial charge in [0.25, 0.3) is 5.91 Å². The second kappa shape index (κ2) is 7.66. The van der Waals surface area contributed by atoms with Gasteiger partial charge in [0.05, 0.1) is 18.4 Å². The van der Waals surface area contributed by atoms with Crippen LogP contribution in [0.15, 0.2) is 48.0 Å². The number of nitriles is 1. The van der Waals surface area contributed by atoms with E-state index in [0.29, 0.717) is 5.56 Å². The number of phenolic OH excluding ortho intramolecular Hbond substituents is 1. The summed E-state index contributed by atoms with van der Waals surface area (Å²) in [6, 6.07) is 12.0. The number of benzene rings is 2. The highest BCUT2D eigenvalue weighted by Gasteiger charge is 2.15. The van der Waals surface area contributed by atoms with Crippen molar-refractivity contribution in [3.8, 4) is 17.6 Å². The van der Waals surface area contributed by atoms with Crippen LogP contribution in [0.5, 0.6) is 11.5 Å². The van der Waals surface area contributed by atoms with Crippen molar-refractivity contribution in [2.75, 3.05) is 12.4 Å². The number of carboxylic acid groups (broad SMARTS) is 1. The van der Waals surface area contributed by atoms with Gasteiger partial charge in [-0.25, -0.2) is 4.79 Å². The lowest BCUT2D eigenvalue weighted by atomic mass is 10.1. The topological polar surface area (TPSA) is 120 Å². The molecule has 2 aromatic carbocycles. The van der Waals surface area contributed by atoms with Crippen LogP contribution >= 0.6 is 0 Å². The molecule has 0 aliphatic rings. The van der Waals surface area contributed by atoms with Crippen molar-refractivity contribution >= 4 is 23.6 Å². The summed E-state index contributed by atoms with van der Waals surface area (Å²) in [6.45, 7) is 0. The molecule has 0 saturated heterocycles. The molecule has 0 bridgehead atoms. The summed E-state index contributed by atoms with van der Waals surface area (Å²) in [7, 11) is 1.38. The van der Waals surface area contributed by atoms with Crippen molar-refractivity contribution in [1.29, 1.82) is 5.26 Å². The van der Waals surface area contributed by atoms with Gasteiger partial charge in [-0.15, -0.1) is 0 Å². The van der Waals surface area contributed by atoms with Crippen molar-refractivity contribution in [2.24, 2.45) is 0 Å². The van der Waals surface area contributed by atoms with E-state index >= 15 is 0 Å². The summed E-state index contributed by atoms with van der Waals surface area (Å²) in [5.74, 6) is -1.81. The Morgan fingerprint density at radius 3 is 2.60 bits per heavy atom. The standard InChI is InChI=1S/C18H14N2O5/c1-25-16-9-11(6-7-15(16)21)8-12(10-19)17(22)20-14-5-3-2-4-13(14)18(23)24/h2-9,21H,1H3,(H,20,22)(H,23,24)/b12-8+. The smallest absolute Gasteiger partial charge is 0.337 e. The van der Waals surface area contributed by atoms with Crippen LogP contribution in [-0.4, -0.2) is 29.2 Å². The summed E-state index contributed by atoms with van der Waals surface area (Å²) >= 11 is 0. The SMILES string of the molecule is COc1cc(/C=C(\C#N)C(=O)Nc2ccccc2C(=O)O)ccc1O. The number of para-hydroxylation sites is 1. The maximum Gasteiger partial charge on any atom is 0.337 e. The molecule has 1 amide bonds. The summed E-state index contributed by atoms with van der Waals surface area (Å²) in [5, 5.41) is 30.3. The molecule has 0 aliphatic carbocycles. The minimum absolute atomic E-state index is 0.0713. The van der Waals surface area contributed by atoms with E-state index in [9.17, 15) is 20.0 Å². The van der Waals surface area contributed by atoms with Gasteiger partial charge in [0, 0.05) is 0 Å². The molecule has 0 spiro atoms. The lowest BCUT2D eigenvalue weighted by molar-refractivity contribution is -0.112. The molecule has 0 aliphatic heterocycles. The Morgan fingerprint density at radius 2 is 1.96 bits per heavy atom. The van der Waals surface area contributed by atoms with E-state index in [1.807, 2.05) is 0 Å². The van der Waals surface area contributed by atoms with Gasteiger partial charge in [-0.2, -0.15) is 5.26 Å². The zero-order valence-corrected chi connectivity index (χ0v) is 13.2. The molecule has 25 heavy (non-hydrogen) atoms. The predicted molar refractivity (Wildman–Crippen MR) is 90.3 cm³/mol. The summed E-state index contributed by atoms with van der Waals surface area (Å²) < 4.78 is 4.97. The quantitative estimate of drug-likeness (QED) is 0.569. The lowest BCUT2D eigenvalue weighted by Crippen LogP contribution is -2.16. The molecule has 0 radical (unpaired) electrons. The third-order valence-corrected chi connectivity index (χ3v) is 3.29. The molecular weight excluding hydrogens is 324 g/mol. The van der Waals surface area contributed by atoms with E-state index in [-0.39, 0.29) is 28.3 Å². The van der Waals surface area contributed by atoms with Gasteiger partial charge in [0.1, 0.15) is 11.6 Å². The number of carbonyl (C=O) groups excluding carboxylic acids is 1. The summed E-state index contributed by atoms with van der Waals surface area (Å²) in [4.78, 5) is 23.4. The third kappa shape index (κ3) is 4.14. The van der Waals surface area contributed by atoms with Gasteiger partial charge in [-0.05, 0) is 35.9 Å². The molecule has 0 saturated carbocycles. The highest BCUT2D eigenvalue weighted by Crippen LogP contribution is 2.27. The molecule has 3 N–H and O–H groups in total. The number of carbonyl (C=O) groups is 2. The Labute approximate surface area is 143 Å². The normalized spacial score (nSPS) is 10.6. The Balaban J connectivity index is 2.31. The van der Waals surface area contributed by atoms with Gasteiger partial charge in [-0.1, -0.05) is 18.2 Å². The first-order valence-electron chi connectivity index (χ1n) is 7.08. The number of nitrogens with zero attached hydrogens (tertiary/aromatic N) is 1. The number of aromatic hydroxyl groups is 1. The monoisotopic (exact) mass is 338 g/mol. The zero-order valence-electron chi connectivity index (χ0n) is 13.2. The summed E-state index contributed by atoms with van der Waals surface area (Å²) in [6.07, 6.45) is 1.31. The second-order valence-corrected chi connectivity index (χ2v) is 4.91. The lowest BCUT2D eigenvalue weighted by Gasteiger charge is -2.08. The molecule has 0 atom stereocenters. The molecule has 0 unspecified atom stereocenters. The molecular formula is C18H14N2O5. The second-order valence-electron chi connectivity index (χ2n) is 4.91. The molecule has 2 rings (SSSR count). The molecule has 7 nitrogen and oxygen atoms in total. The van der Waals surface area contributed by atoms with Crippen LogP contribution in [0, 0.1) is 11.3 Å². The van der Waals surface area contributed by atoms with Crippen molar-refractivity contribution in [2.45, 2.75) is 0 Å². The number of rotatable bonds is 5. The minimum atomic E-state index is -1.19. The first kappa shape index (κ1) is 17.6. The van der Waals surface area contributed by atoms with Crippen LogP contribution < -0.4 is 10.1 Å². The van der Waals surface area contributed by atoms with Crippen molar-refractivity contribution in [3.63, 3.8) is 0 Å². The average molecular weight is 338 g/mol. The largest absolute Gasteiger partial charge is 0.504 e. The molecule has 2 aromatic rings. The zero-order chi connectivity index (χ0) is 18.4.